The molecule has 2 fully saturated rings. The van der Waals surface area contributed by atoms with Crippen LogP contribution in [0.3, 0.4) is 0 Å². The average Bonchev–Trinajstić information content (AvgIpc) is 2.65. The molecule has 3 atom stereocenters. The third kappa shape index (κ3) is 2.31. The molecule has 0 radical (unpaired) electrons. The minimum absolute atomic E-state index is 0.195. The number of thioether (sulfide) groups is 1. The van der Waals surface area contributed by atoms with Crippen molar-refractivity contribution in [3.05, 3.63) is 0 Å². The number of rotatable bonds is 2. The fourth-order valence-electron chi connectivity index (χ4n) is 2.24. The molecule has 0 N–H and O–H groups in total. The van der Waals surface area contributed by atoms with Crippen molar-refractivity contribution < 1.29 is 9.53 Å². The Morgan fingerprint density at radius 2 is 2.29 bits per heavy atom. The Labute approximate surface area is 89.8 Å². The molecule has 0 aromatic heterocycles. The van der Waals surface area contributed by atoms with E-state index in [2.05, 4.69) is 6.92 Å². The molecule has 2 heterocycles. The van der Waals surface area contributed by atoms with Gasteiger partial charge in [0.1, 0.15) is 0 Å². The van der Waals surface area contributed by atoms with Gasteiger partial charge in [0.2, 0.25) is 0 Å². The van der Waals surface area contributed by atoms with E-state index in [-0.39, 0.29) is 17.3 Å². The SMILES string of the molecule is CC1CC(C(=O)C2CCCCS2)CO1. The van der Waals surface area contributed by atoms with E-state index in [0.717, 1.165) is 12.8 Å². The Kier molecular flexibility index (Phi) is 3.50. The summed E-state index contributed by atoms with van der Waals surface area (Å²) in [5.41, 5.74) is 0. The van der Waals surface area contributed by atoms with E-state index in [0.29, 0.717) is 12.4 Å². The molecule has 0 aromatic carbocycles. The zero-order valence-corrected chi connectivity index (χ0v) is 9.52. The van der Waals surface area contributed by atoms with E-state index >= 15 is 0 Å². The Hall–Kier alpha value is -0.0200. The molecule has 80 valence electrons. The van der Waals surface area contributed by atoms with Crippen molar-refractivity contribution in [3.63, 3.8) is 0 Å². The summed E-state index contributed by atoms with van der Waals surface area (Å²) >= 11 is 1.85. The summed E-state index contributed by atoms with van der Waals surface area (Å²) in [5.74, 6) is 1.82. The van der Waals surface area contributed by atoms with E-state index in [1.54, 1.807) is 0 Å². The van der Waals surface area contributed by atoms with Crippen LogP contribution in [0.1, 0.15) is 32.6 Å². The number of hydrogen-bond acceptors (Lipinski definition) is 3. The van der Waals surface area contributed by atoms with Crippen molar-refractivity contribution in [1.29, 1.82) is 0 Å². The van der Waals surface area contributed by atoms with Gasteiger partial charge in [0, 0.05) is 5.92 Å². The highest BCUT2D eigenvalue weighted by Gasteiger charge is 2.33. The summed E-state index contributed by atoms with van der Waals surface area (Å²) in [4.78, 5) is 12.0. The first-order chi connectivity index (χ1) is 6.77. The van der Waals surface area contributed by atoms with Crippen molar-refractivity contribution in [2.24, 2.45) is 5.92 Å². The molecule has 0 spiro atoms. The van der Waals surface area contributed by atoms with Crippen molar-refractivity contribution in [2.45, 2.75) is 44.0 Å². The molecule has 2 rings (SSSR count). The zero-order valence-electron chi connectivity index (χ0n) is 8.70. The van der Waals surface area contributed by atoms with Gasteiger partial charge in [0.15, 0.2) is 5.78 Å². The summed E-state index contributed by atoms with van der Waals surface area (Å²) in [5, 5.41) is 0.280. The lowest BCUT2D eigenvalue weighted by molar-refractivity contribution is -0.122. The van der Waals surface area contributed by atoms with E-state index < -0.39 is 0 Å². The van der Waals surface area contributed by atoms with Gasteiger partial charge >= 0.3 is 0 Å². The van der Waals surface area contributed by atoms with E-state index in [1.165, 1.54) is 18.6 Å². The van der Waals surface area contributed by atoms with Gasteiger partial charge < -0.3 is 4.74 Å². The quantitative estimate of drug-likeness (QED) is 0.705. The lowest BCUT2D eigenvalue weighted by Crippen LogP contribution is -2.28. The first kappa shape index (κ1) is 10.5. The van der Waals surface area contributed by atoms with Gasteiger partial charge in [0.25, 0.3) is 0 Å². The summed E-state index contributed by atoms with van der Waals surface area (Å²) in [6.07, 6.45) is 4.83. The molecule has 0 aromatic rings. The van der Waals surface area contributed by atoms with Crippen LogP contribution in [0.5, 0.6) is 0 Å². The first-order valence-electron chi connectivity index (χ1n) is 5.54. The minimum Gasteiger partial charge on any atom is -0.378 e. The highest BCUT2D eigenvalue weighted by Crippen LogP contribution is 2.31. The van der Waals surface area contributed by atoms with Crippen LogP contribution >= 0.6 is 11.8 Å². The standard InChI is InChI=1S/C11H18O2S/c1-8-6-9(7-13-8)11(12)10-4-2-3-5-14-10/h8-10H,2-7H2,1H3. The molecule has 0 amide bonds. The Morgan fingerprint density at radius 3 is 2.86 bits per heavy atom. The van der Waals surface area contributed by atoms with Crippen LogP contribution in [-0.2, 0) is 9.53 Å². The molecule has 3 heteroatoms. The van der Waals surface area contributed by atoms with Crippen molar-refractivity contribution in [3.8, 4) is 0 Å². The average molecular weight is 214 g/mol. The highest BCUT2D eigenvalue weighted by molar-refractivity contribution is 8.00. The Morgan fingerprint density at radius 1 is 1.43 bits per heavy atom. The van der Waals surface area contributed by atoms with Gasteiger partial charge in [-0.25, -0.2) is 0 Å². The number of Topliss-reactive ketones (excluding diaryl/α,β-unsaturated/α-hetero) is 1. The van der Waals surface area contributed by atoms with Gasteiger partial charge in [-0.3, -0.25) is 4.79 Å². The lowest BCUT2D eigenvalue weighted by Gasteiger charge is -2.22. The number of ketones is 1. The molecule has 0 saturated carbocycles. The largest absolute Gasteiger partial charge is 0.378 e. The van der Waals surface area contributed by atoms with Crippen LogP contribution in [0.25, 0.3) is 0 Å². The molecule has 2 saturated heterocycles. The van der Waals surface area contributed by atoms with E-state index in [9.17, 15) is 4.79 Å². The predicted octanol–water partition coefficient (Wildman–Crippen LogP) is 2.27. The van der Waals surface area contributed by atoms with Gasteiger partial charge in [-0.1, -0.05) is 6.42 Å². The molecule has 14 heavy (non-hydrogen) atoms. The van der Waals surface area contributed by atoms with Crippen LogP contribution in [-0.4, -0.2) is 29.5 Å². The van der Waals surface area contributed by atoms with Crippen LogP contribution in [0.15, 0.2) is 0 Å². The Balaban J connectivity index is 1.87. The lowest BCUT2D eigenvalue weighted by atomic mass is 9.96. The number of carbonyl (C=O) groups excluding carboxylic acids is 1. The molecule has 0 aliphatic carbocycles. The molecule has 3 unspecified atom stereocenters. The second-order valence-electron chi connectivity index (χ2n) is 4.33. The maximum atomic E-state index is 12.0. The number of hydrogen-bond donors (Lipinski definition) is 0. The normalized spacial score (nSPS) is 38.5. The maximum absolute atomic E-state index is 12.0. The first-order valence-corrected chi connectivity index (χ1v) is 6.59. The number of ether oxygens (including phenoxy) is 1. The topological polar surface area (TPSA) is 26.3 Å². The summed E-state index contributed by atoms with van der Waals surface area (Å²) in [6, 6.07) is 0. The minimum atomic E-state index is 0.195. The maximum Gasteiger partial charge on any atom is 0.151 e. The Bertz CT molecular complexity index is 205. The van der Waals surface area contributed by atoms with Gasteiger partial charge in [0.05, 0.1) is 18.0 Å². The fraction of sp³-hybridized carbons (Fsp3) is 0.909. The fourth-order valence-corrected chi connectivity index (χ4v) is 3.59. The predicted molar refractivity (Wildman–Crippen MR) is 58.6 cm³/mol. The third-order valence-electron chi connectivity index (χ3n) is 3.10. The molecular formula is C11H18O2S. The second kappa shape index (κ2) is 4.67. The molecular weight excluding hydrogens is 196 g/mol. The van der Waals surface area contributed by atoms with Gasteiger partial charge in [-0.05, 0) is 31.9 Å². The van der Waals surface area contributed by atoms with Crippen LogP contribution in [0.4, 0.5) is 0 Å². The monoisotopic (exact) mass is 214 g/mol. The van der Waals surface area contributed by atoms with Crippen LogP contribution < -0.4 is 0 Å². The van der Waals surface area contributed by atoms with Gasteiger partial charge in [-0.15, -0.1) is 0 Å². The summed E-state index contributed by atoms with van der Waals surface area (Å²) < 4.78 is 5.45. The molecule has 2 aliphatic rings. The molecule has 0 bridgehead atoms. The highest BCUT2D eigenvalue weighted by atomic mass is 32.2. The second-order valence-corrected chi connectivity index (χ2v) is 5.64. The molecule has 2 aliphatic heterocycles. The van der Waals surface area contributed by atoms with Gasteiger partial charge in [-0.2, -0.15) is 11.8 Å². The summed E-state index contributed by atoms with van der Waals surface area (Å²) in [7, 11) is 0. The van der Waals surface area contributed by atoms with Crippen LogP contribution in [0.2, 0.25) is 0 Å². The zero-order chi connectivity index (χ0) is 9.97. The number of carbonyl (C=O) groups is 1. The van der Waals surface area contributed by atoms with E-state index in [4.69, 9.17) is 4.74 Å². The van der Waals surface area contributed by atoms with Crippen LogP contribution in [0, 0.1) is 5.92 Å². The van der Waals surface area contributed by atoms with Crippen molar-refractivity contribution in [1.82, 2.24) is 0 Å². The third-order valence-corrected chi connectivity index (χ3v) is 4.49. The molecule has 2 nitrogen and oxygen atoms in total. The summed E-state index contributed by atoms with van der Waals surface area (Å²) in [6.45, 7) is 2.72. The van der Waals surface area contributed by atoms with E-state index in [1.807, 2.05) is 11.8 Å². The van der Waals surface area contributed by atoms with Crippen molar-refractivity contribution >= 4 is 17.5 Å². The van der Waals surface area contributed by atoms with Crippen molar-refractivity contribution in [2.75, 3.05) is 12.4 Å². The smallest absolute Gasteiger partial charge is 0.151 e.